The molecule has 2 aromatic rings. The van der Waals surface area contributed by atoms with Crippen LogP contribution in [0, 0.1) is 0 Å². The zero-order valence-corrected chi connectivity index (χ0v) is 22.6. The topological polar surface area (TPSA) is 92.9 Å². The van der Waals surface area contributed by atoms with Crippen molar-refractivity contribution in [3.63, 3.8) is 0 Å². The molecule has 7 nitrogen and oxygen atoms in total. The van der Waals surface area contributed by atoms with Crippen LogP contribution in [0.1, 0.15) is 57.7 Å². The van der Waals surface area contributed by atoms with Crippen molar-refractivity contribution < 1.29 is 17.9 Å². The number of likely N-dealkylation sites (tertiary alicyclic amines) is 1. The largest absolute Gasteiger partial charge is 0.444 e. The predicted molar refractivity (Wildman–Crippen MR) is 137 cm³/mol. The highest BCUT2D eigenvalue weighted by Crippen LogP contribution is 2.30. The number of benzene rings is 2. The molecule has 9 heteroatoms. The molecule has 1 aliphatic rings. The molecule has 1 aliphatic heterocycles. The molecule has 0 radical (unpaired) electrons. The van der Waals surface area contributed by atoms with E-state index in [1.54, 1.807) is 17.0 Å². The van der Waals surface area contributed by atoms with E-state index < -0.39 is 15.6 Å². The SMILES string of the molecule is CC(c1ccc(Br)cc1)N(Cc1ccc(S(N)(=O)=O)cc1)C1CCN(C(=O)OC(C)(C)C)CC1. The number of rotatable bonds is 6. The zero-order chi connectivity index (χ0) is 25.1. The van der Waals surface area contributed by atoms with Crippen LogP contribution in [0.4, 0.5) is 4.79 Å². The molecule has 3 rings (SSSR count). The lowest BCUT2D eigenvalue weighted by Crippen LogP contribution is -2.48. The Balaban J connectivity index is 1.78. The minimum Gasteiger partial charge on any atom is -0.444 e. The Morgan fingerprint density at radius 2 is 1.68 bits per heavy atom. The summed E-state index contributed by atoms with van der Waals surface area (Å²) in [6.45, 7) is 9.73. The molecule has 1 fully saturated rings. The van der Waals surface area contributed by atoms with Crippen molar-refractivity contribution in [3.05, 3.63) is 64.1 Å². The molecule has 34 heavy (non-hydrogen) atoms. The second kappa shape index (κ2) is 10.8. The number of hydrogen-bond donors (Lipinski definition) is 1. The average Bonchev–Trinajstić information content (AvgIpc) is 2.76. The van der Waals surface area contributed by atoms with Gasteiger partial charge in [-0.1, -0.05) is 40.2 Å². The summed E-state index contributed by atoms with van der Waals surface area (Å²) in [6.07, 6.45) is 1.39. The van der Waals surface area contributed by atoms with Gasteiger partial charge in [0.1, 0.15) is 5.60 Å². The Morgan fingerprint density at radius 3 is 2.18 bits per heavy atom. The lowest BCUT2D eigenvalue weighted by molar-refractivity contribution is 0.0103. The van der Waals surface area contributed by atoms with E-state index >= 15 is 0 Å². The Bertz CT molecular complexity index is 1070. The van der Waals surface area contributed by atoms with Crippen LogP contribution in [0.25, 0.3) is 0 Å². The van der Waals surface area contributed by atoms with Crippen molar-refractivity contribution in [2.75, 3.05) is 13.1 Å². The number of nitrogens with two attached hydrogens (primary N) is 1. The second-order valence-corrected chi connectivity index (χ2v) is 12.3. The van der Waals surface area contributed by atoms with Gasteiger partial charge in [0.2, 0.25) is 10.0 Å². The maximum Gasteiger partial charge on any atom is 0.410 e. The molecule has 2 N–H and O–H groups in total. The zero-order valence-electron chi connectivity index (χ0n) is 20.2. The lowest BCUT2D eigenvalue weighted by Gasteiger charge is -2.42. The molecular weight excluding hydrogens is 518 g/mol. The highest BCUT2D eigenvalue weighted by Gasteiger charge is 2.32. The minimum absolute atomic E-state index is 0.106. The number of carbonyl (C=O) groups excluding carboxylic acids is 1. The molecule has 1 amide bonds. The maximum atomic E-state index is 12.5. The molecule has 2 aromatic carbocycles. The molecule has 1 unspecified atom stereocenters. The number of hydrogen-bond acceptors (Lipinski definition) is 5. The first-order valence-corrected chi connectivity index (χ1v) is 13.8. The van der Waals surface area contributed by atoms with Crippen molar-refractivity contribution in [1.82, 2.24) is 9.80 Å². The average molecular weight is 553 g/mol. The van der Waals surface area contributed by atoms with Crippen molar-refractivity contribution in [1.29, 1.82) is 0 Å². The first kappa shape index (κ1) is 26.7. The molecule has 1 saturated heterocycles. The minimum atomic E-state index is -3.73. The quantitative estimate of drug-likeness (QED) is 0.541. The third kappa shape index (κ3) is 7.28. The van der Waals surface area contributed by atoms with E-state index in [1.807, 2.05) is 45.0 Å². The monoisotopic (exact) mass is 551 g/mol. The summed E-state index contributed by atoms with van der Waals surface area (Å²) < 4.78 is 29.8. The van der Waals surface area contributed by atoms with Crippen LogP contribution in [0.15, 0.2) is 57.9 Å². The van der Waals surface area contributed by atoms with Gasteiger partial charge in [0.05, 0.1) is 4.90 Å². The first-order valence-electron chi connectivity index (χ1n) is 11.4. The van der Waals surface area contributed by atoms with Gasteiger partial charge in [-0.05, 0) is 75.9 Å². The van der Waals surface area contributed by atoms with Crippen molar-refractivity contribution in [3.8, 4) is 0 Å². The van der Waals surface area contributed by atoms with Crippen LogP contribution in [0.5, 0.6) is 0 Å². The smallest absolute Gasteiger partial charge is 0.410 e. The van der Waals surface area contributed by atoms with Crippen LogP contribution in [0.3, 0.4) is 0 Å². The number of piperidine rings is 1. The fraction of sp³-hybridized carbons (Fsp3) is 0.480. The number of amides is 1. The van der Waals surface area contributed by atoms with Crippen LogP contribution in [0.2, 0.25) is 0 Å². The van der Waals surface area contributed by atoms with Crippen LogP contribution >= 0.6 is 15.9 Å². The molecular formula is C25H34BrN3O4S. The number of primary sulfonamides is 1. The Labute approximate surface area is 211 Å². The van der Waals surface area contributed by atoms with Gasteiger partial charge in [-0.2, -0.15) is 0 Å². The van der Waals surface area contributed by atoms with Crippen LogP contribution in [-0.2, 0) is 21.3 Å². The number of ether oxygens (including phenoxy) is 1. The van der Waals surface area contributed by atoms with E-state index in [4.69, 9.17) is 9.88 Å². The molecule has 0 aromatic heterocycles. The van der Waals surface area contributed by atoms with Gasteiger partial charge < -0.3 is 9.64 Å². The van der Waals surface area contributed by atoms with E-state index in [0.29, 0.717) is 19.6 Å². The van der Waals surface area contributed by atoms with E-state index in [2.05, 4.69) is 39.9 Å². The first-order chi connectivity index (χ1) is 15.8. The summed E-state index contributed by atoms with van der Waals surface area (Å²) in [6, 6.07) is 15.4. The van der Waals surface area contributed by atoms with E-state index in [1.165, 1.54) is 5.56 Å². The Kier molecular flexibility index (Phi) is 8.44. The number of nitrogens with zero attached hydrogens (tertiary/aromatic N) is 2. The lowest BCUT2D eigenvalue weighted by atomic mass is 9.97. The van der Waals surface area contributed by atoms with Gasteiger partial charge in [0, 0.05) is 36.2 Å². The van der Waals surface area contributed by atoms with E-state index in [0.717, 1.165) is 22.9 Å². The highest BCUT2D eigenvalue weighted by molar-refractivity contribution is 9.10. The van der Waals surface area contributed by atoms with Crippen molar-refractivity contribution in [2.45, 2.75) is 69.7 Å². The summed E-state index contributed by atoms with van der Waals surface area (Å²) in [5.41, 5.74) is 1.68. The fourth-order valence-corrected chi connectivity index (χ4v) is 5.00. The molecule has 1 heterocycles. The molecule has 0 spiro atoms. The van der Waals surface area contributed by atoms with Crippen LogP contribution < -0.4 is 5.14 Å². The Morgan fingerprint density at radius 1 is 1.12 bits per heavy atom. The normalized spacial score (nSPS) is 16.5. The summed E-state index contributed by atoms with van der Waals surface area (Å²) >= 11 is 3.50. The molecule has 0 saturated carbocycles. The number of halogens is 1. The van der Waals surface area contributed by atoms with Gasteiger partial charge in [0.25, 0.3) is 0 Å². The third-order valence-corrected chi connectivity index (χ3v) is 7.51. The summed E-state index contributed by atoms with van der Waals surface area (Å²) in [4.78, 5) is 16.8. The Hall–Kier alpha value is -1.94. The van der Waals surface area contributed by atoms with E-state index in [-0.39, 0.29) is 23.1 Å². The van der Waals surface area contributed by atoms with Gasteiger partial charge >= 0.3 is 6.09 Å². The summed E-state index contributed by atoms with van der Waals surface area (Å²) in [7, 11) is -3.73. The molecule has 0 bridgehead atoms. The van der Waals surface area contributed by atoms with Gasteiger partial charge in [-0.3, -0.25) is 4.90 Å². The van der Waals surface area contributed by atoms with Gasteiger partial charge in [0.15, 0.2) is 0 Å². The van der Waals surface area contributed by atoms with Crippen molar-refractivity contribution >= 4 is 32.0 Å². The van der Waals surface area contributed by atoms with Crippen LogP contribution in [-0.4, -0.2) is 49.0 Å². The van der Waals surface area contributed by atoms with Gasteiger partial charge in [-0.15, -0.1) is 0 Å². The highest BCUT2D eigenvalue weighted by atomic mass is 79.9. The fourth-order valence-electron chi connectivity index (χ4n) is 4.22. The number of carbonyl (C=O) groups is 1. The third-order valence-electron chi connectivity index (χ3n) is 6.05. The maximum absolute atomic E-state index is 12.5. The van der Waals surface area contributed by atoms with Gasteiger partial charge in [-0.25, -0.2) is 18.4 Å². The summed E-state index contributed by atoms with van der Waals surface area (Å²) in [5.74, 6) is 0. The second-order valence-electron chi connectivity index (χ2n) is 9.79. The predicted octanol–water partition coefficient (Wildman–Crippen LogP) is 5.06. The summed E-state index contributed by atoms with van der Waals surface area (Å²) in [5, 5.41) is 5.25. The molecule has 186 valence electrons. The molecule has 0 aliphatic carbocycles. The van der Waals surface area contributed by atoms with Crippen molar-refractivity contribution in [2.24, 2.45) is 5.14 Å². The van der Waals surface area contributed by atoms with E-state index in [9.17, 15) is 13.2 Å². The standard InChI is InChI=1S/C25H34BrN3O4S/c1-18(20-7-9-21(26)10-8-20)29(17-19-5-11-23(12-6-19)34(27,31)32)22-13-15-28(16-14-22)24(30)33-25(2,3)4/h5-12,18,22H,13-17H2,1-4H3,(H2,27,31,32). The molecule has 1 atom stereocenters. The number of sulfonamides is 1.